The molecule has 3 amide bonds. The van der Waals surface area contributed by atoms with Crippen molar-refractivity contribution in [3.8, 4) is 0 Å². The molecule has 0 fully saturated rings. The Labute approximate surface area is 180 Å². The fraction of sp³-hybridized carbons (Fsp3) is 0.550. The van der Waals surface area contributed by atoms with Gasteiger partial charge in [0.1, 0.15) is 5.60 Å². The van der Waals surface area contributed by atoms with E-state index in [9.17, 15) is 14.4 Å². The fourth-order valence-electron chi connectivity index (χ4n) is 2.22. The molecule has 9 heteroatoms. The maximum atomic E-state index is 12.4. The van der Waals surface area contributed by atoms with Gasteiger partial charge in [0.05, 0.1) is 0 Å². The van der Waals surface area contributed by atoms with Gasteiger partial charge in [0.15, 0.2) is 6.10 Å². The van der Waals surface area contributed by atoms with Crippen molar-refractivity contribution in [3.05, 3.63) is 28.7 Å². The van der Waals surface area contributed by atoms with Gasteiger partial charge in [-0.1, -0.05) is 29.8 Å². The highest BCUT2D eigenvalue weighted by molar-refractivity contribution is 9.10. The molecule has 1 aromatic carbocycles. The summed E-state index contributed by atoms with van der Waals surface area (Å²) in [5.74, 6) is -0.276. The van der Waals surface area contributed by atoms with Crippen LogP contribution in [0, 0.1) is 5.92 Å². The quantitative estimate of drug-likeness (QED) is 0.495. The van der Waals surface area contributed by atoms with Crippen LogP contribution in [0.1, 0.15) is 41.0 Å². The van der Waals surface area contributed by atoms with Gasteiger partial charge in [0.2, 0.25) is 0 Å². The zero-order chi connectivity index (χ0) is 22.0. The molecule has 162 valence electrons. The Hall–Kier alpha value is -2.29. The first-order valence-corrected chi connectivity index (χ1v) is 10.2. The molecule has 1 unspecified atom stereocenters. The van der Waals surface area contributed by atoms with Crippen molar-refractivity contribution in [1.82, 2.24) is 10.6 Å². The fourth-order valence-corrected chi connectivity index (χ4v) is 2.49. The lowest BCUT2D eigenvalue weighted by molar-refractivity contribution is -0.130. The number of halogens is 1. The van der Waals surface area contributed by atoms with Crippen LogP contribution < -0.4 is 16.0 Å². The molecule has 3 N–H and O–H groups in total. The van der Waals surface area contributed by atoms with Crippen LogP contribution >= 0.6 is 15.9 Å². The zero-order valence-electron chi connectivity index (χ0n) is 17.5. The predicted molar refractivity (Wildman–Crippen MR) is 115 cm³/mol. The molecule has 29 heavy (non-hydrogen) atoms. The largest absolute Gasteiger partial charge is 0.444 e. The number of carbonyl (C=O) groups excluding carboxylic acids is 3. The van der Waals surface area contributed by atoms with Gasteiger partial charge in [0, 0.05) is 23.2 Å². The molecular formula is C20H30BrN3O5. The molecule has 1 rings (SSSR count). The van der Waals surface area contributed by atoms with Crippen LogP contribution in [-0.2, 0) is 14.3 Å². The molecule has 0 aliphatic rings. The second kappa shape index (κ2) is 11.6. The molecule has 8 nitrogen and oxygen atoms in total. The summed E-state index contributed by atoms with van der Waals surface area (Å²) in [4.78, 5) is 36.2. The molecule has 1 atom stereocenters. The van der Waals surface area contributed by atoms with Crippen molar-refractivity contribution < 1.29 is 23.9 Å². The second-order valence-electron chi connectivity index (χ2n) is 7.88. The summed E-state index contributed by atoms with van der Waals surface area (Å²) in [6, 6.07) is 6.99. The molecule has 0 aliphatic heterocycles. The third kappa shape index (κ3) is 11.3. The SMILES string of the molecule is CC(C)CC(OC(=O)Nc1ccc(Br)cc1)C(=O)NCCNC(=O)OC(C)(C)C. The minimum atomic E-state index is -0.938. The van der Waals surface area contributed by atoms with Crippen molar-refractivity contribution >= 4 is 39.7 Å². The minimum absolute atomic E-state index is 0.145. The molecule has 0 saturated carbocycles. The van der Waals surface area contributed by atoms with Gasteiger partial charge in [-0.05, 0) is 57.4 Å². The number of carbonyl (C=O) groups is 3. The molecule has 0 bridgehead atoms. The molecule has 0 radical (unpaired) electrons. The van der Waals surface area contributed by atoms with E-state index in [0.717, 1.165) is 4.47 Å². The molecule has 1 aromatic rings. The maximum absolute atomic E-state index is 12.4. The van der Waals surface area contributed by atoms with Crippen molar-refractivity contribution in [2.45, 2.75) is 52.7 Å². The van der Waals surface area contributed by atoms with Crippen molar-refractivity contribution in [2.24, 2.45) is 5.92 Å². The van der Waals surface area contributed by atoms with E-state index in [-0.39, 0.29) is 19.0 Å². The molecule has 0 aliphatic carbocycles. The number of nitrogens with one attached hydrogen (secondary N) is 3. The summed E-state index contributed by atoms with van der Waals surface area (Å²) in [6.07, 6.45) is -1.83. The standard InChI is InChI=1S/C20H30BrN3O5/c1-13(2)12-16(28-19(27)24-15-8-6-14(21)7-9-15)17(25)22-10-11-23-18(26)29-20(3,4)5/h6-9,13,16H,10-12H2,1-5H3,(H,22,25)(H,23,26)(H,24,27). The summed E-state index contributed by atoms with van der Waals surface area (Å²) < 4.78 is 11.3. The number of hydrogen-bond acceptors (Lipinski definition) is 5. The summed E-state index contributed by atoms with van der Waals surface area (Å²) in [5, 5.41) is 7.81. The van der Waals surface area contributed by atoms with Gasteiger partial charge >= 0.3 is 12.2 Å². The highest BCUT2D eigenvalue weighted by Crippen LogP contribution is 2.15. The smallest absolute Gasteiger partial charge is 0.412 e. The number of alkyl carbamates (subject to hydrolysis) is 1. The minimum Gasteiger partial charge on any atom is -0.444 e. The summed E-state index contributed by atoms with van der Waals surface area (Å²) >= 11 is 3.32. The predicted octanol–water partition coefficient (Wildman–Crippen LogP) is 4.05. The molecule has 0 spiro atoms. The van der Waals surface area contributed by atoms with E-state index in [1.54, 1.807) is 45.0 Å². The van der Waals surface area contributed by atoms with Crippen molar-refractivity contribution in [1.29, 1.82) is 0 Å². The average Bonchev–Trinajstić information content (AvgIpc) is 2.58. The van der Waals surface area contributed by atoms with Crippen LogP contribution in [0.3, 0.4) is 0 Å². The number of ether oxygens (including phenoxy) is 2. The summed E-state index contributed by atoms with van der Waals surface area (Å²) in [7, 11) is 0. The van der Waals surface area contributed by atoms with E-state index in [4.69, 9.17) is 9.47 Å². The van der Waals surface area contributed by atoms with Crippen LogP contribution in [0.25, 0.3) is 0 Å². The zero-order valence-corrected chi connectivity index (χ0v) is 19.1. The Bertz CT molecular complexity index is 686. The lowest BCUT2D eigenvalue weighted by Gasteiger charge is -2.21. The van der Waals surface area contributed by atoms with E-state index < -0.39 is 29.8 Å². The lowest BCUT2D eigenvalue weighted by Crippen LogP contribution is -2.43. The molecular weight excluding hydrogens is 442 g/mol. The highest BCUT2D eigenvalue weighted by Gasteiger charge is 2.24. The summed E-state index contributed by atoms with van der Waals surface area (Å²) in [5.41, 5.74) is -0.0328. The Balaban J connectivity index is 2.49. The van der Waals surface area contributed by atoms with Crippen LogP contribution in [-0.4, -0.2) is 42.9 Å². The van der Waals surface area contributed by atoms with Gasteiger partial charge < -0.3 is 20.1 Å². The van der Waals surface area contributed by atoms with Gasteiger partial charge in [-0.25, -0.2) is 9.59 Å². The van der Waals surface area contributed by atoms with E-state index in [1.807, 2.05) is 13.8 Å². The normalized spacial score (nSPS) is 12.1. The Kier molecular flexibility index (Phi) is 9.94. The Morgan fingerprint density at radius 2 is 1.59 bits per heavy atom. The maximum Gasteiger partial charge on any atom is 0.412 e. The number of benzene rings is 1. The average molecular weight is 472 g/mol. The van der Waals surface area contributed by atoms with E-state index in [2.05, 4.69) is 31.9 Å². The Morgan fingerprint density at radius 1 is 1.00 bits per heavy atom. The summed E-state index contributed by atoms with van der Waals surface area (Å²) in [6.45, 7) is 9.54. The van der Waals surface area contributed by atoms with Crippen LogP contribution in [0.15, 0.2) is 28.7 Å². The monoisotopic (exact) mass is 471 g/mol. The van der Waals surface area contributed by atoms with Crippen LogP contribution in [0.4, 0.5) is 15.3 Å². The first-order valence-electron chi connectivity index (χ1n) is 9.44. The Morgan fingerprint density at radius 3 is 2.14 bits per heavy atom. The first kappa shape index (κ1) is 24.7. The third-order valence-corrected chi connectivity index (χ3v) is 3.94. The topological polar surface area (TPSA) is 106 Å². The number of rotatable bonds is 8. The van der Waals surface area contributed by atoms with Crippen molar-refractivity contribution in [2.75, 3.05) is 18.4 Å². The number of amides is 3. The number of hydrogen-bond donors (Lipinski definition) is 3. The van der Waals surface area contributed by atoms with E-state index in [0.29, 0.717) is 12.1 Å². The lowest BCUT2D eigenvalue weighted by atomic mass is 10.1. The molecule has 0 heterocycles. The van der Waals surface area contributed by atoms with E-state index >= 15 is 0 Å². The van der Waals surface area contributed by atoms with Gasteiger partial charge in [0.25, 0.3) is 5.91 Å². The van der Waals surface area contributed by atoms with Gasteiger partial charge in [-0.2, -0.15) is 0 Å². The van der Waals surface area contributed by atoms with Crippen LogP contribution in [0.5, 0.6) is 0 Å². The highest BCUT2D eigenvalue weighted by atomic mass is 79.9. The molecule has 0 aromatic heterocycles. The second-order valence-corrected chi connectivity index (χ2v) is 8.79. The van der Waals surface area contributed by atoms with Gasteiger partial charge in [-0.15, -0.1) is 0 Å². The number of anilines is 1. The van der Waals surface area contributed by atoms with Crippen LogP contribution in [0.2, 0.25) is 0 Å². The first-order chi connectivity index (χ1) is 13.5. The third-order valence-electron chi connectivity index (χ3n) is 3.41. The van der Waals surface area contributed by atoms with E-state index in [1.165, 1.54) is 0 Å². The molecule has 0 saturated heterocycles. The van der Waals surface area contributed by atoms with Gasteiger partial charge in [-0.3, -0.25) is 10.1 Å². The van der Waals surface area contributed by atoms with Crippen molar-refractivity contribution in [3.63, 3.8) is 0 Å².